The summed E-state index contributed by atoms with van der Waals surface area (Å²) in [5.41, 5.74) is 1.60. The summed E-state index contributed by atoms with van der Waals surface area (Å²) in [4.78, 5) is 30.5. The fourth-order valence-corrected chi connectivity index (χ4v) is 3.13. The van der Waals surface area contributed by atoms with E-state index in [9.17, 15) is 9.59 Å². The van der Waals surface area contributed by atoms with Gasteiger partial charge in [0, 0.05) is 17.4 Å². The van der Waals surface area contributed by atoms with Gasteiger partial charge in [0.1, 0.15) is 10.7 Å². The summed E-state index contributed by atoms with van der Waals surface area (Å²) in [6.07, 6.45) is 0.171. The summed E-state index contributed by atoms with van der Waals surface area (Å²) in [7, 11) is 0. The first-order valence-electron chi connectivity index (χ1n) is 6.43. The number of aromatic amines is 1. The first kappa shape index (κ1) is 13.5. The predicted octanol–water partition coefficient (Wildman–Crippen LogP) is 2.67. The number of carboxylic acids is 1. The molecule has 0 amide bonds. The largest absolute Gasteiger partial charge is 0.481 e. The molecule has 1 aromatic carbocycles. The molecule has 2 N–H and O–H groups in total. The molecule has 3 aromatic rings. The van der Waals surface area contributed by atoms with Gasteiger partial charge < -0.3 is 10.1 Å². The van der Waals surface area contributed by atoms with E-state index in [0.29, 0.717) is 16.0 Å². The average molecular weight is 300 g/mol. The van der Waals surface area contributed by atoms with Crippen molar-refractivity contribution in [2.45, 2.75) is 12.8 Å². The second-order valence-electron chi connectivity index (χ2n) is 4.60. The molecule has 5 nitrogen and oxygen atoms in total. The number of rotatable bonds is 4. The number of hydrogen-bond acceptors (Lipinski definition) is 4. The molecule has 0 fully saturated rings. The molecule has 0 spiro atoms. The van der Waals surface area contributed by atoms with Gasteiger partial charge in [0.05, 0.1) is 11.8 Å². The molecular formula is C15H12N2O3S. The lowest BCUT2D eigenvalue weighted by Crippen LogP contribution is -2.12. The summed E-state index contributed by atoms with van der Waals surface area (Å²) in [6.45, 7) is 0. The van der Waals surface area contributed by atoms with Crippen LogP contribution in [-0.4, -0.2) is 21.0 Å². The standard InChI is InChI=1S/C15H12N2O3S/c18-12(19)7-6-11-16-14(20)13-10(8-21-15(13)17-11)9-4-2-1-3-5-9/h1-5,8H,6-7H2,(H,18,19)(H,16,17,20). The van der Waals surface area contributed by atoms with Crippen LogP contribution in [0.3, 0.4) is 0 Å². The van der Waals surface area contributed by atoms with Gasteiger partial charge in [-0.3, -0.25) is 9.59 Å². The summed E-state index contributed by atoms with van der Waals surface area (Å²) in [5.74, 6) is -0.495. The van der Waals surface area contributed by atoms with Crippen LogP contribution >= 0.6 is 11.3 Å². The zero-order valence-corrected chi connectivity index (χ0v) is 11.8. The number of nitrogens with zero attached hydrogens (tertiary/aromatic N) is 1. The van der Waals surface area contributed by atoms with Crippen molar-refractivity contribution in [1.82, 2.24) is 9.97 Å². The summed E-state index contributed by atoms with van der Waals surface area (Å²) in [6, 6.07) is 9.65. The van der Waals surface area contributed by atoms with Crippen LogP contribution < -0.4 is 5.56 Å². The fraction of sp³-hybridized carbons (Fsp3) is 0.133. The number of carbonyl (C=O) groups is 1. The second kappa shape index (κ2) is 5.49. The molecule has 0 aliphatic carbocycles. The van der Waals surface area contributed by atoms with E-state index in [1.165, 1.54) is 11.3 Å². The Morgan fingerprint density at radius 3 is 2.76 bits per heavy atom. The Morgan fingerprint density at radius 2 is 2.05 bits per heavy atom. The van der Waals surface area contributed by atoms with Crippen LogP contribution in [0.15, 0.2) is 40.5 Å². The first-order chi connectivity index (χ1) is 10.1. The highest BCUT2D eigenvalue weighted by Crippen LogP contribution is 2.30. The van der Waals surface area contributed by atoms with Crippen molar-refractivity contribution < 1.29 is 9.90 Å². The zero-order valence-electron chi connectivity index (χ0n) is 11.0. The number of aryl methyl sites for hydroxylation is 1. The van der Waals surface area contributed by atoms with Crippen LogP contribution in [0.5, 0.6) is 0 Å². The third-order valence-electron chi connectivity index (χ3n) is 3.15. The zero-order chi connectivity index (χ0) is 14.8. The lowest BCUT2D eigenvalue weighted by Gasteiger charge is -2.01. The van der Waals surface area contributed by atoms with Gasteiger partial charge >= 0.3 is 5.97 Å². The SMILES string of the molecule is O=C(O)CCc1nc2scc(-c3ccccc3)c2c(=O)[nH]1. The van der Waals surface area contributed by atoms with Gasteiger partial charge in [-0.05, 0) is 5.56 Å². The predicted molar refractivity (Wildman–Crippen MR) is 81.6 cm³/mol. The maximum atomic E-state index is 12.3. The van der Waals surface area contributed by atoms with Crippen LogP contribution in [0.1, 0.15) is 12.2 Å². The monoisotopic (exact) mass is 300 g/mol. The number of aromatic nitrogens is 2. The van der Waals surface area contributed by atoms with Crippen molar-refractivity contribution in [3.8, 4) is 11.1 Å². The van der Waals surface area contributed by atoms with Crippen LogP contribution in [0.4, 0.5) is 0 Å². The van der Waals surface area contributed by atoms with Gasteiger partial charge in [0.25, 0.3) is 5.56 Å². The van der Waals surface area contributed by atoms with E-state index in [1.54, 1.807) is 0 Å². The molecule has 0 saturated carbocycles. The molecular weight excluding hydrogens is 288 g/mol. The summed E-state index contributed by atoms with van der Waals surface area (Å²) < 4.78 is 0. The van der Waals surface area contributed by atoms with Crippen LogP contribution in [0.25, 0.3) is 21.3 Å². The Hall–Kier alpha value is -2.47. The fourth-order valence-electron chi connectivity index (χ4n) is 2.17. The van der Waals surface area contributed by atoms with E-state index in [4.69, 9.17) is 5.11 Å². The maximum Gasteiger partial charge on any atom is 0.303 e. The van der Waals surface area contributed by atoms with Crippen molar-refractivity contribution in [3.63, 3.8) is 0 Å². The number of carboxylic acid groups (broad SMARTS) is 1. The van der Waals surface area contributed by atoms with Crippen LogP contribution in [-0.2, 0) is 11.2 Å². The van der Waals surface area contributed by atoms with E-state index in [-0.39, 0.29) is 18.4 Å². The number of H-pyrrole nitrogens is 1. The lowest BCUT2D eigenvalue weighted by atomic mass is 10.1. The molecule has 6 heteroatoms. The Morgan fingerprint density at radius 1 is 1.29 bits per heavy atom. The van der Waals surface area contributed by atoms with E-state index >= 15 is 0 Å². The minimum atomic E-state index is -0.908. The smallest absolute Gasteiger partial charge is 0.303 e. The molecule has 0 unspecified atom stereocenters. The van der Waals surface area contributed by atoms with Crippen molar-refractivity contribution in [1.29, 1.82) is 0 Å². The van der Waals surface area contributed by atoms with Gasteiger partial charge in [-0.2, -0.15) is 0 Å². The molecule has 0 atom stereocenters. The average Bonchev–Trinajstić information content (AvgIpc) is 2.90. The van der Waals surface area contributed by atoms with Gasteiger partial charge in [-0.15, -0.1) is 11.3 Å². The van der Waals surface area contributed by atoms with Crippen molar-refractivity contribution in [3.05, 3.63) is 51.9 Å². The summed E-state index contributed by atoms with van der Waals surface area (Å²) >= 11 is 1.39. The van der Waals surface area contributed by atoms with E-state index < -0.39 is 5.97 Å². The Labute approximate surface area is 123 Å². The van der Waals surface area contributed by atoms with Crippen molar-refractivity contribution in [2.24, 2.45) is 0 Å². The van der Waals surface area contributed by atoms with E-state index in [1.807, 2.05) is 35.7 Å². The van der Waals surface area contributed by atoms with Gasteiger partial charge in [0.15, 0.2) is 0 Å². The molecule has 106 valence electrons. The number of thiophene rings is 1. The molecule has 2 heterocycles. The van der Waals surface area contributed by atoms with Gasteiger partial charge in [-0.25, -0.2) is 4.98 Å². The molecule has 0 bridgehead atoms. The molecule has 21 heavy (non-hydrogen) atoms. The molecule has 0 saturated heterocycles. The van der Waals surface area contributed by atoms with Crippen molar-refractivity contribution in [2.75, 3.05) is 0 Å². The van der Waals surface area contributed by atoms with Gasteiger partial charge in [-0.1, -0.05) is 30.3 Å². The highest BCUT2D eigenvalue weighted by atomic mass is 32.1. The number of fused-ring (bicyclic) bond motifs is 1. The Kier molecular flexibility index (Phi) is 3.53. The lowest BCUT2D eigenvalue weighted by molar-refractivity contribution is -0.137. The molecule has 2 aromatic heterocycles. The number of benzene rings is 1. The minimum Gasteiger partial charge on any atom is -0.481 e. The van der Waals surface area contributed by atoms with Crippen molar-refractivity contribution >= 4 is 27.5 Å². The molecule has 3 rings (SSSR count). The molecule has 0 aliphatic rings. The number of hydrogen-bond donors (Lipinski definition) is 2. The quantitative estimate of drug-likeness (QED) is 0.776. The van der Waals surface area contributed by atoms with Crippen LogP contribution in [0.2, 0.25) is 0 Å². The van der Waals surface area contributed by atoms with Gasteiger partial charge in [0.2, 0.25) is 0 Å². The Balaban J connectivity index is 2.07. The van der Waals surface area contributed by atoms with E-state index in [0.717, 1.165) is 11.1 Å². The third-order valence-corrected chi connectivity index (χ3v) is 4.03. The Bertz CT molecular complexity index is 852. The number of aliphatic carboxylic acids is 1. The topological polar surface area (TPSA) is 83.0 Å². The maximum absolute atomic E-state index is 12.3. The molecule has 0 aliphatic heterocycles. The highest BCUT2D eigenvalue weighted by Gasteiger charge is 2.13. The van der Waals surface area contributed by atoms with E-state index in [2.05, 4.69) is 9.97 Å². The second-order valence-corrected chi connectivity index (χ2v) is 5.46. The third kappa shape index (κ3) is 2.71. The highest BCUT2D eigenvalue weighted by molar-refractivity contribution is 7.17. The summed E-state index contributed by atoms with van der Waals surface area (Å²) in [5, 5.41) is 11.2. The number of nitrogens with one attached hydrogen (secondary N) is 1. The van der Waals surface area contributed by atoms with Crippen LogP contribution in [0, 0.1) is 0 Å². The first-order valence-corrected chi connectivity index (χ1v) is 7.31. The molecule has 0 radical (unpaired) electrons. The normalized spacial score (nSPS) is 10.9. The minimum absolute atomic E-state index is 0.0502.